The van der Waals surface area contributed by atoms with Crippen molar-refractivity contribution in [2.45, 2.75) is 13.3 Å². The second kappa shape index (κ2) is 5.30. The fourth-order valence-electron chi connectivity index (χ4n) is 1.53. The van der Waals surface area contributed by atoms with Crippen molar-refractivity contribution >= 4 is 44.3 Å². The molecule has 0 unspecified atom stereocenters. The Bertz CT molecular complexity index is 534. The van der Waals surface area contributed by atoms with Gasteiger partial charge in [-0.2, -0.15) is 0 Å². The van der Waals surface area contributed by atoms with Gasteiger partial charge in [0, 0.05) is 10.9 Å². The van der Waals surface area contributed by atoms with E-state index < -0.39 is 0 Å². The fraction of sp³-hybridized carbons (Fsp3) is 0.167. The molecule has 88 valence electrons. The highest BCUT2D eigenvalue weighted by Crippen LogP contribution is 2.20. The van der Waals surface area contributed by atoms with Crippen molar-refractivity contribution in [2.24, 2.45) is 0 Å². The molecule has 5 heteroatoms. The monoisotopic (exact) mass is 403 g/mol. The second-order valence-corrected chi connectivity index (χ2v) is 5.63. The van der Waals surface area contributed by atoms with E-state index in [-0.39, 0.29) is 0 Å². The standard InChI is InChI=1S/C12H11BrIN3/c1-7-11(14)12(15)17-10(16-7)6-8-4-2-3-5-9(8)13/h2-5H,6H2,1H3,(H2,15,16,17). The lowest BCUT2D eigenvalue weighted by Gasteiger charge is -2.07. The van der Waals surface area contributed by atoms with Crippen LogP contribution in [0.15, 0.2) is 28.7 Å². The largest absolute Gasteiger partial charge is 0.383 e. The van der Waals surface area contributed by atoms with Crippen LogP contribution in [0.5, 0.6) is 0 Å². The molecule has 2 N–H and O–H groups in total. The number of nitrogens with zero attached hydrogens (tertiary/aromatic N) is 2. The minimum Gasteiger partial charge on any atom is -0.383 e. The van der Waals surface area contributed by atoms with Crippen molar-refractivity contribution in [1.82, 2.24) is 9.97 Å². The van der Waals surface area contributed by atoms with Crippen molar-refractivity contribution in [1.29, 1.82) is 0 Å². The maximum Gasteiger partial charge on any atom is 0.140 e. The maximum atomic E-state index is 5.84. The van der Waals surface area contributed by atoms with E-state index in [1.165, 1.54) is 0 Å². The third-order valence-corrected chi connectivity index (χ3v) is 4.50. The van der Waals surface area contributed by atoms with Crippen LogP contribution in [-0.2, 0) is 6.42 Å². The number of hydrogen-bond donors (Lipinski definition) is 1. The molecule has 2 aromatic rings. The zero-order chi connectivity index (χ0) is 12.4. The van der Waals surface area contributed by atoms with E-state index in [2.05, 4.69) is 54.6 Å². The predicted octanol–water partition coefficient (Wildman–Crippen LogP) is 3.33. The van der Waals surface area contributed by atoms with Crippen molar-refractivity contribution in [3.63, 3.8) is 0 Å². The molecular formula is C12H11BrIN3. The summed E-state index contributed by atoms with van der Waals surface area (Å²) in [6, 6.07) is 8.06. The molecule has 3 nitrogen and oxygen atoms in total. The van der Waals surface area contributed by atoms with Gasteiger partial charge in [-0.05, 0) is 41.1 Å². The van der Waals surface area contributed by atoms with Gasteiger partial charge in [0.1, 0.15) is 11.6 Å². The molecule has 2 rings (SSSR count). The number of nitrogen functional groups attached to an aromatic ring is 1. The van der Waals surface area contributed by atoms with E-state index in [0.717, 1.165) is 25.1 Å². The molecule has 0 aliphatic rings. The lowest BCUT2D eigenvalue weighted by molar-refractivity contribution is 0.937. The summed E-state index contributed by atoms with van der Waals surface area (Å²) in [6.07, 6.45) is 0.684. The van der Waals surface area contributed by atoms with E-state index in [1.54, 1.807) is 0 Å². The topological polar surface area (TPSA) is 51.8 Å². The first kappa shape index (κ1) is 12.8. The minimum absolute atomic E-state index is 0.556. The molecule has 1 aromatic heterocycles. The normalized spacial score (nSPS) is 10.5. The number of halogens is 2. The van der Waals surface area contributed by atoms with Gasteiger partial charge in [-0.1, -0.05) is 34.1 Å². The quantitative estimate of drug-likeness (QED) is 0.782. The lowest BCUT2D eigenvalue weighted by atomic mass is 10.1. The molecule has 0 bridgehead atoms. The Kier molecular flexibility index (Phi) is 3.98. The summed E-state index contributed by atoms with van der Waals surface area (Å²) >= 11 is 5.68. The molecule has 0 aliphatic heterocycles. The Morgan fingerprint density at radius 2 is 2.00 bits per heavy atom. The third-order valence-electron chi connectivity index (χ3n) is 2.40. The number of hydrogen-bond acceptors (Lipinski definition) is 3. The summed E-state index contributed by atoms with van der Waals surface area (Å²) < 4.78 is 2.00. The van der Waals surface area contributed by atoms with E-state index >= 15 is 0 Å². The maximum absolute atomic E-state index is 5.84. The molecule has 1 aromatic carbocycles. The average molecular weight is 404 g/mol. The predicted molar refractivity (Wildman–Crippen MR) is 80.8 cm³/mol. The van der Waals surface area contributed by atoms with Gasteiger partial charge in [0.2, 0.25) is 0 Å². The lowest BCUT2D eigenvalue weighted by Crippen LogP contribution is -2.05. The smallest absolute Gasteiger partial charge is 0.140 e. The summed E-state index contributed by atoms with van der Waals surface area (Å²) in [5.74, 6) is 1.31. The van der Waals surface area contributed by atoms with Crippen LogP contribution in [-0.4, -0.2) is 9.97 Å². The molecule has 0 atom stereocenters. The van der Waals surface area contributed by atoms with Gasteiger partial charge in [0.15, 0.2) is 0 Å². The molecule has 1 heterocycles. The molecule has 0 aliphatic carbocycles. The Morgan fingerprint density at radius 1 is 1.29 bits per heavy atom. The van der Waals surface area contributed by atoms with Crippen LogP contribution in [0.3, 0.4) is 0 Å². The highest BCUT2D eigenvalue weighted by atomic mass is 127. The van der Waals surface area contributed by atoms with Crippen LogP contribution < -0.4 is 5.73 Å². The van der Waals surface area contributed by atoms with Crippen LogP contribution in [0.2, 0.25) is 0 Å². The number of benzene rings is 1. The third kappa shape index (κ3) is 2.95. The first-order valence-corrected chi connectivity index (χ1v) is 6.97. The Hall–Kier alpha value is -0.690. The van der Waals surface area contributed by atoms with Crippen LogP contribution in [0, 0.1) is 10.5 Å². The molecule has 0 saturated heterocycles. The van der Waals surface area contributed by atoms with E-state index in [9.17, 15) is 0 Å². The van der Waals surface area contributed by atoms with Gasteiger partial charge in [0.25, 0.3) is 0 Å². The van der Waals surface area contributed by atoms with Crippen LogP contribution in [0.25, 0.3) is 0 Å². The Balaban J connectivity index is 2.34. The molecule has 0 radical (unpaired) electrons. The number of aryl methyl sites for hydroxylation is 1. The summed E-state index contributed by atoms with van der Waals surface area (Å²) in [5.41, 5.74) is 7.93. The molecule has 17 heavy (non-hydrogen) atoms. The average Bonchev–Trinajstić information content (AvgIpc) is 2.29. The van der Waals surface area contributed by atoms with Crippen LogP contribution in [0.4, 0.5) is 5.82 Å². The molecule has 0 saturated carbocycles. The first-order chi connectivity index (χ1) is 8.08. The van der Waals surface area contributed by atoms with E-state index in [4.69, 9.17) is 5.73 Å². The Morgan fingerprint density at radius 3 is 2.65 bits per heavy atom. The van der Waals surface area contributed by atoms with Crippen molar-refractivity contribution in [2.75, 3.05) is 5.73 Å². The zero-order valence-electron chi connectivity index (χ0n) is 9.24. The van der Waals surface area contributed by atoms with Gasteiger partial charge in [0.05, 0.1) is 9.26 Å². The highest BCUT2D eigenvalue weighted by molar-refractivity contribution is 14.1. The van der Waals surface area contributed by atoms with Gasteiger partial charge >= 0.3 is 0 Å². The number of anilines is 1. The molecule has 0 spiro atoms. The molecule has 0 fully saturated rings. The molecule has 0 amide bonds. The van der Waals surface area contributed by atoms with Gasteiger partial charge < -0.3 is 5.73 Å². The summed E-state index contributed by atoms with van der Waals surface area (Å²) in [4.78, 5) is 8.76. The Labute approximate surface area is 122 Å². The highest BCUT2D eigenvalue weighted by Gasteiger charge is 2.08. The number of rotatable bonds is 2. The van der Waals surface area contributed by atoms with Gasteiger partial charge in [-0.25, -0.2) is 9.97 Å². The van der Waals surface area contributed by atoms with Crippen molar-refractivity contribution < 1.29 is 0 Å². The minimum atomic E-state index is 0.556. The summed E-state index contributed by atoms with van der Waals surface area (Å²) in [6.45, 7) is 1.95. The number of nitrogens with two attached hydrogens (primary N) is 1. The fourth-order valence-corrected chi connectivity index (χ4v) is 2.20. The second-order valence-electron chi connectivity index (χ2n) is 3.69. The van der Waals surface area contributed by atoms with E-state index in [0.29, 0.717) is 12.2 Å². The number of aromatic nitrogens is 2. The van der Waals surface area contributed by atoms with Crippen molar-refractivity contribution in [3.8, 4) is 0 Å². The first-order valence-electron chi connectivity index (χ1n) is 5.10. The van der Waals surface area contributed by atoms with Crippen LogP contribution >= 0.6 is 38.5 Å². The molecular weight excluding hydrogens is 393 g/mol. The SMILES string of the molecule is Cc1nc(Cc2ccccc2Br)nc(N)c1I. The van der Waals surface area contributed by atoms with Crippen LogP contribution in [0.1, 0.15) is 17.1 Å². The zero-order valence-corrected chi connectivity index (χ0v) is 13.0. The van der Waals surface area contributed by atoms with Gasteiger partial charge in [-0.3, -0.25) is 0 Å². The summed E-state index contributed by atoms with van der Waals surface area (Å²) in [7, 11) is 0. The van der Waals surface area contributed by atoms with Crippen molar-refractivity contribution in [3.05, 3.63) is 49.4 Å². The van der Waals surface area contributed by atoms with Gasteiger partial charge in [-0.15, -0.1) is 0 Å². The summed E-state index contributed by atoms with van der Waals surface area (Å²) in [5, 5.41) is 0. The van der Waals surface area contributed by atoms with E-state index in [1.807, 2.05) is 25.1 Å².